The molecule has 4 unspecified atom stereocenters. The molecule has 2 saturated heterocycles. The minimum Gasteiger partial charge on any atom is -0.441 e. The molecule has 0 radical (unpaired) electrons. The summed E-state index contributed by atoms with van der Waals surface area (Å²) in [4.78, 5) is 40.8. The lowest BCUT2D eigenvalue weighted by molar-refractivity contribution is -0.162. The maximum absolute atomic E-state index is 14.9. The number of hydrogen-bond donors (Lipinski definition) is 1. The van der Waals surface area contributed by atoms with E-state index < -0.39 is 47.9 Å². The number of ether oxygens (including phenoxy) is 3. The fourth-order valence-corrected chi connectivity index (χ4v) is 5.80. The van der Waals surface area contributed by atoms with Crippen LogP contribution in [-0.4, -0.2) is 47.7 Å². The van der Waals surface area contributed by atoms with E-state index in [-0.39, 0.29) is 0 Å². The van der Waals surface area contributed by atoms with Gasteiger partial charge >= 0.3 is 12.0 Å². The Morgan fingerprint density at radius 3 is 2.56 bits per heavy atom. The third-order valence-electron chi connectivity index (χ3n) is 8.79. The van der Waals surface area contributed by atoms with Gasteiger partial charge in [-0.2, -0.15) is 0 Å². The molecule has 3 heterocycles. The van der Waals surface area contributed by atoms with E-state index >= 15 is 0 Å². The zero-order valence-corrected chi connectivity index (χ0v) is 23.6. The molecule has 0 aromatic heterocycles. The number of amides is 3. The second-order valence-electron chi connectivity index (χ2n) is 12.0. The zero-order valence-electron chi connectivity index (χ0n) is 23.6. The van der Waals surface area contributed by atoms with Crippen molar-refractivity contribution in [3.8, 4) is 11.1 Å². The highest BCUT2D eigenvalue weighted by Crippen LogP contribution is 2.50. The van der Waals surface area contributed by atoms with Crippen LogP contribution in [-0.2, 0) is 23.8 Å². The minimum absolute atomic E-state index is 0.390. The molecule has 1 aliphatic carbocycles. The standard InChI is InChI=1S/C32H35FN2O6/c1-19(22-11-12-24(25(33)16-22)21-8-5-4-6-9-21)29(37)40-20(2)35-28(36)26-23(10-7-13-31(3)14-15-31)17-32(18-39-32)41-27(26)34-30(35)38/h4-6,8-9,11-12,16,19-20,27H,7,10,13-15,17-18H2,1-3H3,(H,34,38). The number of hydrogen-bond acceptors (Lipinski definition) is 6. The van der Waals surface area contributed by atoms with Crippen LogP contribution in [0.2, 0.25) is 0 Å². The van der Waals surface area contributed by atoms with Gasteiger partial charge in [0.05, 0.1) is 11.5 Å². The summed E-state index contributed by atoms with van der Waals surface area (Å²) in [7, 11) is 0. The van der Waals surface area contributed by atoms with Crippen molar-refractivity contribution in [2.24, 2.45) is 5.41 Å². The SMILES string of the molecule is CC(C(=O)OC(C)N1C(=O)NC2OC3(CO3)CC(CCCC3(C)CC3)=C2C1=O)c1ccc(-c2ccccc2)c(F)c1. The Hall–Kier alpha value is -3.56. The highest BCUT2D eigenvalue weighted by molar-refractivity contribution is 6.08. The second-order valence-corrected chi connectivity index (χ2v) is 12.0. The fourth-order valence-electron chi connectivity index (χ4n) is 5.80. The van der Waals surface area contributed by atoms with E-state index in [2.05, 4.69) is 12.2 Å². The largest absolute Gasteiger partial charge is 0.441 e. The number of rotatable bonds is 9. The number of esters is 1. The molecular formula is C32H35FN2O6. The van der Waals surface area contributed by atoms with Crippen LogP contribution in [0.15, 0.2) is 59.7 Å². The first-order valence-electron chi connectivity index (χ1n) is 14.3. The van der Waals surface area contributed by atoms with Crippen LogP contribution < -0.4 is 5.32 Å². The number of nitrogens with zero attached hydrogens (tertiary/aromatic N) is 1. The quantitative estimate of drug-likeness (QED) is 0.308. The van der Waals surface area contributed by atoms with E-state index in [0.29, 0.717) is 41.6 Å². The first kappa shape index (κ1) is 27.6. The van der Waals surface area contributed by atoms with E-state index in [9.17, 15) is 18.8 Å². The fraction of sp³-hybridized carbons (Fsp3) is 0.469. The molecule has 3 aliphatic heterocycles. The summed E-state index contributed by atoms with van der Waals surface area (Å²) in [5, 5.41) is 2.75. The topological polar surface area (TPSA) is 97.5 Å². The van der Waals surface area contributed by atoms with Gasteiger partial charge in [0.1, 0.15) is 12.4 Å². The van der Waals surface area contributed by atoms with Gasteiger partial charge in [-0.05, 0) is 68.6 Å². The maximum Gasteiger partial charge on any atom is 0.329 e. The van der Waals surface area contributed by atoms with Crippen LogP contribution in [0.4, 0.5) is 9.18 Å². The summed E-state index contributed by atoms with van der Waals surface area (Å²) in [6, 6.07) is 13.1. The number of fused-ring (bicyclic) bond motifs is 1. The smallest absolute Gasteiger partial charge is 0.329 e. The molecule has 6 rings (SSSR count). The molecule has 2 aromatic rings. The monoisotopic (exact) mass is 562 g/mol. The molecular weight excluding hydrogens is 527 g/mol. The first-order chi connectivity index (χ1) is 19.6. The molecule has 216 valence electrons. The molecule has 1 saturated carbocycles. The number of carbonyl (C=O) groups is 3. The average Bonchev–Trinajstić information content (AvgIpc) is 3.86. The number of benzene rings is 2. The van der Waals surface area contributed by atoms with Crippen molar-refractivity contribution >= 4 is 17.9 Å². The highest BCUT2D eigenvalue weighted by atomic mass is 19.1. The zero-order chi connectivity index (χ0) is 28.9. The number of imide groups is 1. The van der Waals surface area contributed by atoms with E-state index in [1.807, 2.05) is 30.3 Å². The Balaban J connectivity index is 1.16. The van der Waals surface area contributed by atoms with Crippen LogP contribution in [0, 0.1) is 11.2 Å². The van der Waals surface area contributed by atoms with E-state index in [0.717, 1.165) is 28.9 Å². The Kier molecular flexibility index (Phi) is 6.98. The Morgan fingerprint density at radius 1 is 1.17 bits per heavy atom. The Morgan fingerprint density at radius 2 is 1.90 bits per heavy atom. The summed E-state index contributed by atoms with van der Waals surface area (Å²) in [6.45, 7) is 5.78. The molecule has 8 nitrogen and oxygen atoms in total. The van der Waals surface area contributed by atoms with E-state index in [4.69, 9.17) is 14.2 Å². The van der Waals surface area contributed by atoms with Gasteiger partial charge < -0.3 is 19.5 Å². The molecule has 1 N–H and O–H groups in total. The van der Waals surface area contributed by atoms with Gasteiger partial charge in [-0.3, -0.25) is 9.59 Å². The van der Waals surface area contributed by atoms with Crippen LogP contribution in [0.3, 0.4) is 0 Å². The minimum atomic E-state index is -1.18. The van der Waals surface area contributed by atoms with Gasteiger partial charge in [0.25, 0.3) is 5.91 Å². The molecule has 4 aliphatic rings. The molecule has 9 heteroatoms. The average molecular weight is 563 g/mol. The second kappa shape index (κ2) is 10.4. The summed E-state index contributed by atoms with van der Waals surface area (Å²) in [5.41, 5.74) is 3.29. The number of nitrogens with one attached hydrogen (secondary N) is 1. The van der Waals surface area contributed by atoms with Crippen molar-refractivity contribution < 1.29 is 33.0 Å². The van der Waals surface area contributed by atoms with Crippen LogP contribution >= 0.6 is 0 Å². The van der Waals surface area contributed by atoms with Gasteiger partial charge in [0.2, 0.25) is 0 Å². The van der Waals surface area contributed by atoms with Crippen molar-refractivity contribution in [1.29, 1.82) is 0 Å². The molecule has 1 spiro atoms. The Bertz CT molecular complexity index is 1410. The number of urea groups is 1. The summed E-state index contributed by atoms with van der Waals surface area (Å²) in [5.74, 6) is -3.27. The highest BCUT2D eigenvalue weighted by Gasteiger charge is 2.56. The van der Waals surface area contributed by atoms with Gasteiger partial charge in [-0.1, -0.05) is 55.0 Å². The van der Waals surface area contributed by atoms with Crippen molar-refractivity contribution in [2.45, 2.75) is 83.5 Å². The van der Waals surface area contributed by atoms with Crippen LogP contribution in [0.1, 0.15) is 70.8 Å². The number of epoxide rings is 1. The van der Waals surface area contributed by atoms with E-state index in [1.54, 1.807) is 19.1 Å². The predicted octanol–water partition coefficient (Wildman–Crippen LogP) is 5.78. The lowest BCUT2D eigenvalue weighted by atomic mass is 9.89. The third-order valence-corrected chi connectivity index (χ3v) is 8.79. The first-order valence-corrected chi connectivity index (χ1v) is 14.3. The molecule has 3 fully saturated rings. The van der Waals surface area contributed by atoms with Crippen molar-refractivity contribution in [1.82, 2.24) is 10.2 Å². The van der Waals surface area contributed by atoms with E-state index in [1.165, 1.54) is 25.8 Å². The summed E-state index contributed by atoms with van der Waals surface area (Å²) >= 11 is 0. The maximum atomic E-state index is 14.9. The Labute approximate surface area is 238 Å². The normalized spacial score (nSPS) is 25.9. The van der Waals surface area contributed by atoms with Gasteiger partial charge in [-0.25, -0.2) is 14.1 Å². The summed E-state index contributed by atoms with van der Waals surface area (Å²) < 4.78 is 32.1. The lowest BCUT2D eigenvalue weighted by Gasteiger charge is -2.40. The molecule has 41 heavy (non-hydrogen) atoms. The third kappa shape index (κ3) is 5.53. The van der Waals surface area contributed by atoms with Crippen LogP contribution in [0.25, 0.3) is 11.1 Å². The molecule has 2 aromatic carbocycles. The predicted molar refractivity (Wildman–Crippen MR) is 148 cm³/mol. The van der Waals surface area contributed by atoms with Crippen molar-refractivity contribution in [3.63, 3.8) is 0 Å². The van der Waals surface area contributed by atoms with Gasteiger partial charge in [-0.15, -0.1) is 0 Å². The molecule has 4 atom stereocenters. The lowest BCUT2D eigenvalue weighted by Crippen LogP contribution is -2.62. The summed E-state index contributed by atoms with van der Waals surface area (Å²) in [6.07, 6.45) is 3.56. The molecule has 3 amide bonds. The number of halogens is 1. The van der Waals surface area contributed by atoms with Gasteiger partial charge in [0.15, 0.2) is 18.2 Å². The molecule has 0 bridgehead atoms. The van der Waals surface area contributed by atoms with Crippen LogP contribution in [0.5, 0.6) is 0 Å². The van der Waals surface area contributed by atoms with Crippen molar-refractivity contribution in [2.75, 3.05) is 6.61 Å². The number of carbonyl (C=O) groups excluding carboxylic acids is 3. The van der Waals surface area contributed by atoms with Crippen molar-refractivity contribution in [3.05, 3.63) is 71.1 Å². The van der Waals surface area contributed by atoms with Gasteiger partial charge in [0, 0.05) is 12.0 Å².